The zero-order chi connectivity index (χ0) is 17.8. The first-order valence-corrected chi connectivity index (χ1v) is 8.06. The maximum Gasteiger partial charge on any atom is 0.163 e. The largest absolute Gasteiger partial charge is 0.497 e. The maximum absolute atomic E-state index is 12.8. The third-order valence-corrected chi connectivity index (χ3v) is 4.40. The second kappa shape index (κ2) is 7.14. The first-order valence-electron chi connectivity index (χ1n) is 8.06. The lowest BCUT2D eigenvalue weighted by Gasteiger charge is -2.15. The topological polar surface area (TPSA) is 63.0 Å². The summed E-state index contributed by atoms with van der Waals surface area (Å²) in [5.41, 5.74) is 1.38. The molecular formula is C21H18N2O2. The molecule has 0 aliphatic heterocycles. The normalized spacial score (nSPS) is 13.0. The van der Waals surface area contributed by atoms with Crippen molar-refractivity contribution in [2.24, 2.45) is 0 Å². The van der Waals surface area contributed by atoms with Gasteiger partial charge in [0.15, 0.2) is 5.78 Å². The Morgan fingerprint density at radius 3 is 2.56 bits per heavy atom. The Hall–Kier alpha value is -3.19. The van der Waals surface area contributed by atoms with Crippen molar-refractivity contribution >= 4 is 16.6 Å². The van der Waals surface area contributed by atoms with Crippen LogP contribution in [-0.2, 0) is 4.79 Å². The molecule has 1 aromatic heterocycles. The van der Waals surface area contributed by atoms with E-state index in [2.05, 4.69) is 11.1 Å². The van der Waals surface area contributed by atoms with Crippen LogP contribution in [0.3, 0.4) is 0 Å². The Morgan fingerprint density at radius 1 is 1.12 bits per heavy atom. The molecule has 0 saturated carbocycles. The predicted octanol–water partition coefficient (Wildman–Crippen LogP) is 4.22. The van der Waals surface area contributed by atoms with E-state index < -0.39 is 11.8 Å². The highest BCUT2D eigenvalue weighted by atomic mass is 16.5. The highest BCUT2D eigenvalue weighted by Gasteiger charge is 2.27. The third kappa shape index (κ3) is 3.36. The van der Waals surface area contributed by atoms with Crippen LogP contribution in [0.5, 0.6) is 5.75 Å². The average Bonchev–Trinajstić information content (AvgIpc) is 2.67. The van der Waals surface area contributed by atoms with Crippen molar-refractivity contribution in [2.75, 3.05) is 7.11 Å². The molecule has 0 fully saturated rings. The maximum atomic E-state index is 12.8. The molecule has 3 rings (SSSR count). The lowest BCUT2D eigenvalue weighted by atomic mass is 9.86. The van der Waals surface area contributed by atoms with Gasteiger partial charge in [0.05, 0.1) is 18.9 Å². The third-order valence-electron chi connectivity index (χ3n) is 4.40. The molecule has 0 spiro atoms. The average molecular weight is 330 g/mol. The summed E-state index contributed by atoms with van der Waals surface area (Å²) in [7, 11) is 1.63. The number of Topliss-reactive ketones (excluding diaryl/α,β-unsaturated/α-hetero) is 1. The summed E-state index contributed by atoms with van der Waals surface area (Å²) in [4.78, 5) is 17.0. The number of ether oxygens (including phenoxy) is 1. The van der Waals surface area contributed by atoms with Crippen molar-refractivity contribution in [3.05, 3.63) is 72.1 Å². The summed E-state index contributed by atoms with van der Waals surface area (Å²) in [5, 5.41) is 11.5. The monoisotopic (exact) mass is 330 g/mol. The highest BCUT2D eigenvalue weighted by molar-refractivity contribution is 5.94. The highest BCUT2D eigenvalue weighted by Crippen LogP contribution is 2.28. The van der Waals surface area contributed by atoms with Crippen LogP contribution in [0.4, 0.5) is 0 Å². The van der Waals surface area contributed by atoms with E-state index in [0.717, 1.165) is 22.1 Å². The van der Waals surface area contributed by atoms with Gasteiger partial charge >= 0.3 is 0 Å². The molecule has 0 aliphatic rings. The van der Waals surface area contributed by atoms with E-state index in [9.17, 15) is 10.1 Å². The van der Waals surface area contributed by atoms with Gasteiger partial charge in [-0.3, -0.25) is 9.78 Å². The molecule has 4 heteroatoms. The van der Waals surface area contributed by atoms with Gasteiger partial charge in [-0.2, -0.15) is 5.26 Å². The van der Waals surface area contributed by atoms with Gasteiger partial charge in [0.25, 0.3) is 0 Å². The number of benzene rings is 2. The van der Waals surface area contributed by atoms with Crippen LogP contribution >= 0.6 is 0 Å². The molecule has 0 N–H and O–H groups in total. The van der Waals surface area contributed by atoms with Crippen LogP contribution in [0.2, 0.25) is 0 Å². The van der Waals surface area contributed by atoms with Crippen LogP contribution in [0.1, 0.15) is 30.0 Å². The van der Waals surface area contributed by atoms with Crippen molar-refractivity contribution in [3.63, 3.8) is 0 Å². The molecule has 0 aliphatic carbocycles. The minimum Gasteiger partial charge on any atom is -0.497 e. The van der Waals surface area contributed by atoms with Crippen LogP contribution < -0.4 is 4.74 Å². The van der Waals surface area contributed by atoms with E-state index in [1.54, 1.807) is 31.5 Å². The summed E-state index contributed by atoms with van der Waals surface area (Å²) in [6.45, 7) is 1.83. The number of hydrogen-bond donors (Lipinski definition) is 0. The van der Waals surface area contributed by atoms with Gasteiger partial charge in [0.2, 0.25) is 0 Å². The number of nitriles is 1. The van der Waals surface area contributed by atoms with Gasteiger partial charge in [0.1, 0.15) is 11.7 Å². The first-order chi connectivity index (χ1) is 12.1. The molecule has 0 amide bonds. The van der Waals surface area contributed by atoms with Crippen LogP contribution in [-0.4, -0.2) is 17.9 Å². The number of carbonyl (C=O) groups excluding carboxylic acids is 1. The summed E-state index contributed by atoms with van der Waals surface area (Å²) in [6, 6.07) is 19.1. The van der Waals surface area contributed by atoms with Crippen molar-refractivity contribution in [3.8, 4) is 11.8 Å². The number of hydrogen-bond acceptors (Lipinski definition) is 4. The van der Waals surface area contributed by atoms with E-state index in [-0.39, 0.29) is 5.78 Å². The minimum atomic E-state index is -0.859. The first kappa shape index (κ1) is 16.7. The fourth-order valence-corrected chi connectivity index (χ4v) is 2.88. The Morgan fingerprint density at radius 2 is 1.88 bits per heavy atom. The van der Waals surface area contributed by atoms with Gasteiger partial charge in [-0.15, -0.1) is 0 Å². The Kier molecular flexibility index (Phi) is 4.76. The second-order valence-corrected chi connectivity index (χ2v) is 5.91. The standard InChI is InChI=1S/C21H18N2O2/c1-14(21(24)19(13-22)20-5-3-4-10-23-20)15-6-7-17-12-18(25-2)9-8-16(17)11-15/h3-12,14,19H,1-2H3. The SMILES string of the molecule is COc1ccc2cc(C(C)C(=O)C(C#N)c3ccccn3)ccc2c1. The smallest absolute Gasteiger partial charge is 0.163 e. The molecule has 4 nitrogen and oxygen atoms in total. The summed E-state index contributed by atoms with van der Waals surface area (Å²) >= 11 is 0. The molecular weight excluding hydrogens is 312 g/mol. The Labute approximate surface area is 146 Å². The lowest BCUT2D eigenvalue weighted by molar-refractivity contribution is -0.120. The van der Waals surface area contributed by atoms with Gasteiger partial charge in [0, 0.05) is 12.1 Å². The molecule has 2 unspecified atom stereocenters. The van der Waals surface area contributed by atoms with Crippen molar-refractivity contribution < 1.29 is 9.53 Å². The zero-order valence-corrected chi connectivity index (χ0v) is 14.1. The number of ketones is 1. The molecule has 2 aromatic carbocycles. The summed E-state index contributed by atoms with van der Waals surface area (Å²) in [6.07, 6.45) is 1.60. The van der Waals surface area contributed by atoms with E-state index in [4.69, 9.17) is 4.74 Å². The Bertz CT molecular complexity index is 945. The van der Waals surface area contributed by atoms with Crippen LogP contribution in [0.25, 0.3) is 10.8 Å². The quantitative estimate of drug-likeness (QED) is 0.702. The number of methoxy groups -OCH3 is 1. The van der Waals surface area contributed by atoms with Crippen molar-refractivity contribution in [1.29, 1.82) is 5.26 Å². The lowest BCUT2D eigenvalue weighted by Crippen LogP contribution is -2.18. The molecule has 0 saturated heterocycles. The van der Waals surface area contributed by atoms with E-state index in [1.807, 2.05) is 43.3 Å². The Balaban J connectivity index is 1.91. The number of nitrogens with zero attached hydrogens (tertiary/aromatic N) is 2. The molecule has 0 radical (unpaired) electrons. The van der Waals surface area contributed by atoms with Gasteiger partial charge in [-0.1, -0.05) is 37.3 Å². The summed E-state index contributed by atoms with van der Waals surface area (Å²) in [5.74, 6) is -0.598. The number of rotatable bonds is 5. The van der Waals surface area contributed by atoms with Gasteiger partial charge in [-0.05, 0) is 40.6 Å². The van der Waals surface area contributed by atoms with E-state index >= 15 is 0 Å². The number of carbonyl (C=O) groups is 1. The van der Waals surface area contributed by atoms with Crippen LogP contribution in [0.15, 0.2) is 60.8 Å². The van der Waals surface area contributed by atoms with Crippen molar-refractivity contribution in [1.82, 2.24) is 4.98 Å². The molecule has 124 valence electrons. The fraction of sp³-hybridized carbons (Fsp3) is 0.190. The predicted molar refractivity (Wildman–Crippen MR) is 96.5 cm³/mol. The molecule has 0 bridgehead atoms. The second-order valence-electron chi connectivity index (χ2n) is 5.91. The van der Waals surface area contributed by atoms with E-state index in [0.29, 0.717) is 5.69 Å². The fourth-order valence-electron chi connectivity index (χ4n) is 2.88. The van der Waals surface area contributed by atoms with Gasteiger partial charge in [-0.25, -0.2) is 0 Å². The molecule has 2 atom stereocenters. The minimum absolute atomic E-state index is 0.144. The van der Waals surface area contributed by atoms with Gasteiger partial charge < -0.3 is 4.74 Å². The van der Waals surface area contributed by atoms with Crippen molar-refractivity contribution in [2.45, 2.75) is 18.8 Å². The zero-order valence-electron chi connectivity index (χ0n) is 14.1. The van der Waals surface area contributed by atoms with E-state index in [1.165, 1.54) is 0 Å². The molecule has 3 aromatic rings. The number of fused-ring (bicyclic) bond motifs is 1. The summed E-state index contributed by atoms with van der Waals surface area (Å²) < 4.78 is 5.24. The van der Waals surface area contributed by atoms with Crippen LogP contribution in [0, 0.1) is 11.3 Å². The molecule has 1 heterocycles. The molecule has 25 heavy (non-hydrogen) atoms. The number of pyridine rings is 1. The number of aromatic nitrogens is 1.